The van der Waals surface area contributed by atoms with E-state index in [-0.39, 0.29) is 11.8 Å². The Labute approximate surface area is 122 Å². The molecule has 2 amide bonds. The predicted octanol–water partition coefficient (Wildman–Crippen LogP) is 0.876. The summed E-state index contributed by atoms with van der Waals surface area (Å²) in [6.07, 6.45) is 1.67. The maximum absolute atomic E-state index is 11.6. The van der Waals surface area contributed by atoms with Crippen molar-refractivity contribution < 1.29 is 14.3 Å². The average Bonchev–Trinajstić information content (AvgIpc) is 2.43. The minimum absolute atomic E-state index is 0.0471. The number of thioether (sulfide) groups is 1. The highest BCUT2D eigenvalue weighted by Gasteiger charge is 2.25. The van der Waals surface area contributed by atoms with Crippen LogP contribution in [0.5, 0.6) is 0 Å². The number of morpholine rings is 1. The number of amides is 2. The predicted molar refractivity (Wildman–Crippen MR) is 78.0 cm³/mol. The molecule has 0 aromatic carbocycles. The average molecular weight is 302 g/mol. The van der Waals surface area contributed by atoms with Gasteiger partial charge in [0, 0.05) is 38.2 Å². The summed E-state index contributed by atoms with van der Waals surface area (Å²) < 4.78 is 6.10. The molecule has 5 nitrogen and oxygen atoms in total. The van der Waals surface area contributed by atoms with E-state index in [1.54, 1.807) is 0 Å². The summed E-state index contributed by atoms with van der Waals surface area (Å²) >= 11 is 6.88. The molecule has 7 heteroatoms. The minimum Gasteiger partial charge on any atom is -0.378 e. The van der Waals surface area contributed by atoms with Gasteiger partial charge in [0.05, 0.1) is 13.2 Å². The third-order valence-corrected chi connectivity index (χ3v) is 4.70. The molecule has 0 N–H and O–H groups in total. The molecule has 0 unspecified atom stereocenters. The van der Waals surface area contributed by atoms with E-state index >= 15 is 0 Å². The molecule has 2 saturated heterocycles. The lowest BCUT2D eigenvalue weighted by molar-refractivity contribution is -0.147. The van der Waals surface area contributed by atoms with Crippen LogP contribution in [0.3, 0.4) is 0 Å². The fraction of sp³-hybridized carbons (Fsp3) is 0.750. The number of hydrogen-bond acceptors (Lipinski definition) is 5. The van der Waals surface area contributed by atoms with E-state index in [2.05, 4.69) is 4.90 Å². The van der Waals surface area contributed by atoms with Gasteiger partial charge in [0.25, 0.3) is 0 Å². The van der Waals surface area contributed by atoms with Crippen molar-refractivity contribution in [1.82, 2.24) is 9.80 Å². The molecule has 0 saturated carbocycles. The molecular formula is C12H18N2O3S2. The summed E-state index contributed by atoms with van der Waals surface area (Å²) in [5.41, 5.74) is 0. The molecule has 2 aliphatic heterocycles. The molecular weight excluding hydrogens is 284 g/mol. The molecule has 0 radical (unpaired) electrons. The fourth-order valence-corrected chi connectivity index (χ4v) is 3.36. The highest BCUT2D eigenvalue weighted by molar-refractivity contribution is 8.22. The lowest BCUT2D eigenvalue weighted by atomic mass is 10.1. The SMILES string of the molecule is O=C1CCCC(=O)N1CCSC(=S)N1CCOCC1. The largest absolute Gasteiger partial charge is 0.378 e. The van der Waals surface area contributed by atoms with Crippen LogP contribution in [0, 0.1) is 0 Å². The van der Waals surface area contributed by atoms with Gasteiger partial charge in [-0.05, 0) is 6.42 Å². The zero-order chi connectivity index (χ0) is 13.7. The highest BCUT2D eigenvalue weighted by atomic mass is 32.2. The number of hydrogen-bond donors (Lipinski definition) is 0. The molecule has 0 atom stereocenters. The maximum atomic E-state index is 11.6. The quantitative estimate of drug-likeness (QED) is 0.570. The van der Waals surface area contributed by atoms with E-state index in [0.717, 1.165) is 17.4 Å². The molecule has 19 heavy (non-hydrogen) atoms. The minimum atomic E-state index is -0.0471. The number of carbonyl (C=O) groups is 2. The molecule has 2 aliphatic rings. The van der Waals surface area contributed by atoms with Crippen molar-refractivity contribution in [3.05, 3.63) is 0 Å². The normalized spacial score (nSPS) is 20.8. The first-order chi connectivity index (χ1) is 9.18. The molecule has 106 valence electrons. The second-order valence-electron chi connectivity index (χ2n) is 4.51. The van der Waals surface area contributed by atoms with Crippen molar-refractivity contribution in [2.45, 2.75) is 19.3 Å². The Bertz CT molecular complexity index is 354. The van der Waals surface area contributed by atoms with Crippen molar-refractivity contribution in [2.75, 3.05) is 38.6 Å². The molecule has 2 heterocycles. The van der Waals surface area contributed by atoms with Crippen molar-refractivity contribution in [3.8, 4) is 0 Å². The van der Waals surface area contributed by atoms with Gasteiger partial charge in [0.15, 0.2) is 0 Å². The number of nitrogens with zero attached hydrogens (tertiary/aromatic N) is 2. The van der Waals surface area contributed by atoms with Crippen LogP contribution < -0.4 is 0 Å². The Morgan fingerprint density at radius 3 is 2.47 bits per heavy atom. The van der Waals surface area contributed by atoms with Crippen LogP contribution in [-0.4, -0.2) is 64.5 Å². The summed E-state index contributed by atoms with van der Waals surface area (Å²) in [7, 11) is 0. The Morgan fingerprint density at radius 1 is 1.21 bits per heavy atom. The van der Waals surface area contributed by atoms with Gasteiger partial charge in [-0.25, -0.2) is 0 Å². The van der Waals surface area contributed by atoms with Crippen LogP contribution in [0.15, 0.2) is 0 Å². The third kappa shape index (κ3) is 4.15. The van der Waals surface area contributed by atoms with E-state index in [1.807, 2.05) is 0 Å². The zero-order valence-corrected chi connectivity index (χ0v) is 12.4. The number of likely N-dealkylation sites (tertiary alicyclic amines) is 1. The zero-order valence-electron chi connectivity index (χ0n) is 10.8. The van der Waals surface area contributed by atoms with Crippen molar-refractivity contribution in [3.63, 3.8) is 0 Å². The van der Waals surface area contributed by atoms with Crippen molar-refractivity contribution >= 4 is 40.1 Å². The lowest BCUT2D eigenvalue weighted by Crippen LogP contribution is -2.42. The number of piperidine rings is 1. The molecule has 0 aromatic rings. The number of ether oxygens (including phenoxy) is 1. The van der Waals surface area contributed by atoms with Crippen LogP contribution >= 0.6 is 24.0 Å². The van der Waals surface area contributed by atoms with Gasteiger partial charge in [-0.2, -0.15) is 0 Å². The Morgan fingerprint density at radius 2 is 1.84 bits per heavy atom. The summed E-state index contributed by atoms with van der Waals surface area (Å²) in [4.78, 5) is 26.7. The second-order valence-corrected chi connectivity index (χ2v) is 6.24. The van der Waals surface area contributed by atoms with E-state index in [0.29, 0.717) is 44.8 Å². The third-order valence-electron chi connectivity index (χ3n) is 3.19. The first kappa shape index (κ1) is 14.7. The van der Waals surface area contributed by atoms with Crippen LogP contribution in [-0.2, 0) is 14.3 Å². The standard InChI is InChI=1S/C12H18N2O3S2/c15-10-2-1-3-11(16)14(10)6-9-19-12(18)13-4-7-17-8-5-13/h1-9H2. The summed E-state index contributed by atoms with van der Waals surface area (Å²) in [5, 5.41) is 0. The van der Waals surface area contributed by atoms with Crippen LogP contribution in [0.1, 0.15) is 19.3 Å². The van der Waals surface area contributed by atoms with E-state index < -0.39 is 0 Å². The Hall–Kier alpha value is -0.660. The number of carbonyl (C=O) groups excluding carboxylic acids is 2. The topological polar surface area (TPSA) is 49.9 Å². The molecule has 0 aliphatic carbocycles. The van der Waals surface area contributed by atoms with Crippen LogP contribution in [0.4, 0.5) is 0 Å². The summed E-state index contributed by atoms with van der Waals surface area (Å²) in [6.45, 7) is 3.54. The van der Waals surface area contributed by atoms with E-state index in [9.17, 15) is 9.59 Å². The van der Waals surface area contributed by atoms with Crippen LogP contribution in [0.2, 0.25) is 0 Å². The van der Waals surface area contributed by atoms with Gasteiger partial charge in [-0.3, -0.25) is 14.5 Å². The number of thiocarbonyl (C=S) groups is 1. The smallest absolute Gasteiger partial charge is 0.229 e. The highest BCUT2D eigenvalue weighted by Crippen LogP contribution is 2.15. The van der Waals surface area contributed by atoms with Gasteiger partial charge >= 0.3 is 0 Å². The van der Waals surface area contributed by atoms with E-state index in [4.69, 9.17) is 17.0 Å². The number of imide groups is 1. The molecule has 2 fully saturated rings. The summed E-state index contributed by atoms with van der Waals surface area (Å²) in [5.74, 6) is 0.580. The maximum Gasteiger partial charge on any atom is 0.229 e. The Kier molecular flexibility index (Phi) is 5.59. The van der Waals surface area contributed by atoms with Gasteiger partial charge in [-0.1, -0.05) is 24.0 Å². The second kappa shape index (κ2) is 7.21. The lowest BCUT2D eigenvalue weighted by Gasteiger charge is -2.29. The van der Waals surface area contributed by atoms with Gasteiger partial charge < -0.3 is 9.64 Å². The van der Waals surface area contributed by atoms with Gasteiger partial charge in [0.2, 0.25) is 11.8 Å². The molecule has 0 spiro atoms. The summed E-state index contributed by atoms with van der Waals surface area (Å²) in [6, 6.07) is 0. The van der Waals surface area contributed by atoms with Gasteiger partial charge in [0.1, 0.15) is 4.32 Å². The fourth-order valence-electron chi connectivity index (χ4n) is 2.11. The van der Waals surface area contributed by atoms with Crippen molar-refractivity contribution in [2.24, 2.45) is 0 Å². The molecule has 2 rings (SSSR count). The molecule has 0 aromatic heterocycles. The van der Waals surface area contributed by atoms with Gasteiger partial charge in [-0.15, -0.1) is 0 Å². The van der Waals surface area contributed by atoms with E-state index in [1.165, 1.54) is 16.7 Å². The number of rotatable bonds is 3. The first-order valence-electron chi connectivity index (χ1n) is 6.51. The van der Waals surface area contributed by atoms with Crippen LogP contribution in [0.25, 0.3) is 0 Å². The monoisotopic (exact) mass is 302 g/mol. The Balaban J connectivity index is 1.71. The first-order valence-corrected chi connectivity index (χ1v) is 7.90. The van der Waals surface area contributed by atoms with Crippen molar-refractivity contribution in [1.29, 1.82) is 0 Å². The molecule has 0 bridgehead atoms.